The maximum absolute atomic E-state index is 13.5. The summed E-state index contributed by atoms with van der Waals surface area (Å²) in [6.07, 6.45) is 3.64. The first-order valence-corrected chi connectivity index (χ1v) is 13.6. The van der Waals surface area contributed by atoms with Gasteiger partial charge < -0.3 is 37.5 Å². The van der Waals surface area contributed by atoms with Crippen LogP contribution >= 0.6 is 11.6 Å². The van der Waals surface area contributed by atoms with E-state index in [1.54, 1.807) is 36.5 Å². The number of hydrogen-bond acceptors (Lipinski definition) is 8. The molecule has 0 saturated heterocycles. The molecule has 2 atom stereocenters. The minimum atomic E-state index is -1.18. The molecule has 0 aliphatic rings. The van der Waals surface area contributed by atoms with Crippen LogP contribution in [0, 0.1) is 0 Å². The van der Waals surface area contributed by atoms with Crippen LogP contribution in [0.5, 0.6) is 11.5 Å². The Balaban J connectivity index is 1.76. The Hall–Kier alpha value is -4.03. The second-order valence-electron chi connectivity index (χ2n) is 9.25. The molecule has 0 radical (unpaired) electrons. The predicted molar refractivity (Wildman–Crippen MR) is 158 cm³/mol. The second kappa shape index (κ2) is 16.3. The van der Waals surface area contributed by atoms with E-state index in [9.17, 15) is 14.4 Å². The fourth-order valence-electron chi connectivity index (χ4n) is 4.04. The van der Waals surface area contributed by atoms with Crippen LogP contribution in [0.4, 0.5) is 5.69 Å². The smallest absolute Gasteiger partial charge is 0.247 e. The number of anilines is 1. The Morgan fingerprint density at radius 2 is 1.68 bits per heavy atom. The van der Waals surface area contributed by atoms with Crippen molar-refractivity contribution in [3.8, 4) is 11.5 Å². The van der Waals surface area contributed by atoms with Gasteiger partial charge in [0.25, 0.3) is 0 Å². The van der Waals surface area contributed by atoms with Crippen molar-refractivity contribution in [1.29, 1.82) is 0 Å². The van der Waals surface area contributed by atoms with Gasteiger partial charge in [-0.3, -0.25) is 19.4 Å². The average Bonchev–Trinajstić information content (AvgIpc) is 2.97. The number of nitrogens with one attached hydrogen (secondary N) is 2. The van der Waals surface area contributed by atoms with Gasteiger partial charge in [0.05, 0.1) is 29.4 Å². The van der Waals surface area contributed by atoms with E-state index in [2.05, 4.69) is 15.6 Å². The number of pyridine rings is 1. The highest BCUT2D eigenvalue weighted by molar-refractivity contribution is 6.32. The molecule has 0 spiro atoms. The normalized spacial score (nSPS) is 12.2. The highest BCUT2D eigenvalue weighted by atomic mass is 35.5. The molecule has 0 bridgehead atoms. The van der Waals surface area contributed by atoms with Gasteiger partial charge in [-0.2, -0.15) is 0 Å². The molecule has 41 heavy (non-hydrogen) atoms. The highest BCUT2D eigenvalue weighted by Gasteiger charge is 2.27. The minimum absolute atomic E-state index is 0.228. The summed E-state index contributed by atoms with van der Waals surface area (Å²) < 4.78 is 5.90. The lowest BCUT2D eigenvalue weighted by Gasteiger charge is -2.24. The predicted octanol–water partition coefficient (Wildman–Crippen LogP) is 2.05. The van der Waals surface area contributed by atoms with Crippen molar-refractivity contribution in [1.82, 2.24) is 15.2 Å². The van der Waals surface area contributed by atoms with E-state index in [0.717, 1.165) is 5.56 Å². The summed E-state index contributed by atoms with van der Waals surface area (Å²) in [6, 6.07) is 15.7. The van der Waals surface area contributed by atoms with Crippen LogP contribution in [0.3, 0.4) is 0 Å². The zero-order valence-corrected chi connectivity index (χ0v) is 23.4. The van der Waals surface area contributed by atoms with E-state index in [0.29, 0.717) is 30.9 Å². The molecule has 0 unspecified atom stereocenters. The lowest BCUT2D eigenvalue weighted by atomic mass is 10.0. The van der Waals surface area contributed by atoms with Crippen molar-refractivity contribution < 1.29 is 19.1 Å². The third kappa shape index (κ3) is 9.83. The first-order valence-electron chi connectivity index (χ1n) is 13.3. The Labute approximate surface area is 244 Å². The van der Waals surface area contributed by atoms with Crippen molar-refractivity contribution in [3.05, 3.63) is 83.6 Å². The molecule has 11 nitrogen and oxygen atoms in total. The number of nitrogens with two attached hydrogens (primary N) is 3. The molecular weight excluding hydrogens is 546 g/mol. The number of hydrogen-bond donors (Lipinski definition) is 5. The van der Waals surface area contributed by atoms with E-state index in [4.69, 9.17) is 33.5 Å². The number of aromatic nitrogens is 1. The molecule has 0 aliphatic carbocycles. The van der Waals surface area contributed by atoms with Crippen LogP contribution in [0.2, 0.25) is 5.02 Å². The number of aryl methyl sites for hydroxylation is 1. The van der Waals surface area contributed by atoms with Crippen molar-refractivity contribution in [3.63, 3.8) is 0 Å². The highest BCUT2D eigenvalue weighted by Crippen LogP contribution is 2.36. The Morgan fingerprint density at radius 1 is 0.951 bits per heavy atom. The summed E-state index contributed by atoms with van der Waals surface area (Å²) in [5.41, 5.74) is 18.6. The molecule has 3 rings (SSSR count). The van der Waals surface area contributed by atoms with Crippen LogP contribution in [-0.2, 0) is 20.8 Å². The molecule has 0 fully saturated rings. The van der Waals surface area contributed by atoms with E-state index in [1.807, 2.05) is 30.3 Å². The molecule has 3 aromatic rings. The van der Waals surface area contributed by atoms with Gasteiger partial charge in [-0.15, -0.1) is 0 Å². The van der Waals surface area contributed by atoms with Gasteiger partial charge in [0, 0.05) is 32.4 Å². The molecule has 1 heterocycles. The number of halogens is 1. The van der Waals surface area contributed by atoms with Gasteiger partial charge in [0.15, 0.2) is 5.75 Å². The number of para-hydroxylation sites is 1. The third-order valence-electron chi connectivity index (χ3n) is 6.16. The Bertz CT molecular complexity index is 1270. The molecule has 2 aromatic carbocycles. The van der Waals surface area contributed by atoms with E-state index in [1.165, 1.54) is 11.1 Å². The number of benzene rings is 2. The lowest BCUT2D eigenvalue weighted by molar-refractivity contribution is -0.134. The number of ether oxygens (including phenoxy) is 1. The maximum atomic E-state index is 13.5. The van der Waals surface area contributed by atoms with E-state index in [-0.39, 0.29) is 42.6 Å². The summed E-state index contributed by atoms with van der Waals surface area (Å²) in [7, 11) is 0. The van der Waals surface area contributed by atoms with Gasteiger partial charge in [-0.05, 0) is 42.7 Å². The fraction of sp³-hybridized carbons (Fsp3) is 0.310. The Kier molecular flexibility index (Phi) is 12.5. The largest absolute Gasteiger partial charge is 0.452 e. The number of carbonyl (C=O) groups is 3. The summed E-state index contributed by atoms with van der Waals surface area (Å²) in [5, 5.41) is 5.81. The van der Waals surface area contributed by atoms with Crippen LogP contribution in [-0.4, -0.2) is 65.9 Å². The van der Waals surface area contributed by atoms with Crippen LogP contribution in [0.25, 0.3) is 0 Å². The zero-order chi connectivity index (χ0) is 29.6. The molecule has 12 heteroatoms. The quantitative estimate of drug-likeness (QED) is 0.181. The SMILES string of the molecule is NCCN(CCN)C(=O)C[C@H](N)C(=O)N[C@@H](CCc1ccccc1)C(=O)Nc1cccc(Cl)c1Oc1cccnc1. The summed E-state index contributed by atoms with van der Waals surface area (Å²) >= 11 is 6.39. The topological polar surface area (TPSA) is 179 Å². The van der Waals surface area contributed by atoms with E-state index >= 15 is 0 Å². The number of rotatable bonds is 15. The van der Waals surface area contributed by atoms with Gasteiger partial charge in [-0.25, -0.2) is 0 Å². The summed E-state index contributed by atoms with van der Waals surface area (Å²) in [5.74, 6) is -0.821. The average molecular weight is 582 g/mol. The van der Waals surface area contributed by atoms with Crippen molar-refractivity contribution in [2.24, 2.45) is 17.2 Å². The van der Waals surface area contributed by atoms with Crippen molar-refractivity contribution in [2.75, 3.05) is 31.5 Å². The fourth-order valence-corrected chi connectivity index (χ4v) is 4.26. The van der Waals surface area contributed by atoms with Gasteiger partial charge in [-0.1, -0.05) is 48.0 Å². The lowest BCUT2D eigenvalue weighted by Crippen LogP contribution is -2.52. The molecule has 218 valence electrons. The number of carbonyl (C=O) groups excluding carboxylic acids is 3. The van der Waals surface area contributed by atoms with Gasteiger partial charge in [0.2, 0.25) is 17.7 Å². The molecule has 0 saturated carbocycles. The second-order valence-corrected chi connectivity index (χ2v) is 9.66. The van der Waals surface area contributed by atoms with Crippen LogP contribution in [0.1, 0.15) is 18.4 Å². The van der Waals surface area contributed by atoms with Crippen LogP contribution < -0.4 is 32.6 Å². The summed E-state index contributed by atoms with van der Waals surface area (Å²) in [6.45, 7) is 1.11. The first-order chi connectivity index (χ1) is 19.8. The maximum Gasteiger partial charge on any atom is 0.247 e. The Morgan fingerprint density at radius 3 is 2.34 bits per heavy atom. The standard InChI is InChI=1S/C29H36ClN7O4/c30-22-9-4-10-24(27(22)41-21-8-5-15-34-19-21)35-29(40)25(12-11-20-6-2-1-3-7-20)36-28(39)23(33)18-26(38)37(16-13-31)17-14-32/h1-10,15,19,23,25H,11-14,16-18,31-33H2,(H,35,40)(H,36,39)/t23-,25-/m0/s1. The molecule has 0 aliphatic heterocycles. The number of nitrogens with zero attached hydrogens (tertiary/aromatic N) is 2. The summed E-state index contributed by atoms with van der Waals surface area (Å²) in [4.78, 5) is 44.8. The first kappa shape index (κ1) is 31.5. The molecular formula is C29H36ClN7O4. The van der Waals surface area contributed by atoms with Gasteiger partial charge in [0.1, 0.15) is 11.8 Å². The zero-order valence-electron chi connectivity index (χ0n) is 22.7. The third-order valence-corrected chi connectivity index (χ3v) is 6.46. The van der Waals surface area contributed by atoms with Crippen molar-refractivity contribution in [2.45, 2.75) is 31.3 Å². The molecule has 8 N–H and O–H groups in total. The van der Waals surface area contributed by atoms with Gasteiger partial charge >= 0.3 is 0 Å². The molecule has 3 amide bonds. The van der Waals surface area contributed by atoms with Crippen LogP contribution in [0.15, 0.2) is 73.1 Å². The van der Waals surface area contributed by atoms with Crippen molar-refractivity contribution >= 4 is 35.0 Å². The monoisotopic (exact) mass is 581 g/mol. The molecule has 1 aromatic heterocycles. The minimum Gasteiger partial charge on any atom is -0.452 e. The number of amides is 3. The van der Waals surface area contributed by atoms with E-state index < -0.39 is 23.9 Å².